The van der Waals surface area contributed by atoms with Crippen LogP contribution in [0.1, 0.15) is 38.2 Å². The molecule has 1 fully saturated rings. The lowest BCUT2D eigenvalue weighted by molar-refractivity contribution is -0.385. The van der Waals surface area contributed by atoms with E-state index >= 15 is 0 Å². The molecule has 1 aromatic carbocycles. The van der Waals surface area contributed by atoms with Crippen LogP contribution in [0.4, 0.5) is 5.69 Å². The largest absolute Gasteiger partial charge is 0.348 e. The first kappa shape index (κ1) is 18.4. The van der Waals surface area contributed by atoms with Crippen molar-refractivity contribution in [2.45, 2.75) is 38.6 Å². The third kappa shape index (κ3) is 5.01. The number of carbonyl (C=O) groups is 1. The van der Waals surface area contributed by atoms with Crippen LogP contribution in [0, 0.1) is 27.4 Å². The maximum atomic E-state index is 12.3. The fourth-order valence-electron chi connectivity index (χ4n) is 2.98. The van der Waals surface area contributed by atoms with E-state index in [9.17, 15) is 20.2 Å². The van der Waals surface area contributed by atoms with Crippen molar-refractivity contribution in [1.82, 2.24) is 5.32 Å². The number of rotatable bonds is 5. The van der Waals surface area contributed by atoms with E-state index in [-0.39, 0.29) is 17.3 Å². The fourth-order valence-corrected chi connectivity index (χ4v) is 2.98. The molecule has 2 rings (SSSR count). The van der Waals surface area contributed by atoms with Gasteiger partial charge in [-0.05, 0) is 37.0 Å². The number of carbonyl (C=O) groups excluding carboxylic acids is 1. The Morgan fingerprint density at radius 3 is 2.76 bits per heavy atom. The number of para-hydroxylation sites is 1. The molecule has 1 saturated carbocycles. The quantitative estimate of drug-likeness (QED) is 0.290. The minimum atomic E-state index is -0.467. The first-order valence-corrected chi connectivity index (χ1v) is 8.35. The number of nitro benzene ring substituents is 1. The molecule has 1 aliphatic rings. The fraction of sp³-hybridized carbons (Fsp3) is 0.368. The van der Waals surface area contributed by atoms with Crippen LogP contribution in [0.15, 0.2) is 42.0 Å². The topological polar surface area (TPSA) is 96.0 Å². The zero-order chi connectivity index (χ0) is 18.2. The van der Waals surface area contributed by atoms with Gasteiger partial charge in [0.05, 0.1) is 10.5 Å². The molecule has 0 bridgehead atoms. The molecule has 0 saturated heterocycles. The summed E-state index contributed by atoms with van der Waals surface area (Å²) in [4.78, 5) is 22.8. The molecule has 1 aliphatic carbocycles. The van der Waals surface area contributed by atoms with Gasteiger partial charge in [-0.15, -0.1) is 0 Å². The van der Waals surface area contributed by atoms with Gasteiger partial charge >= 0.3 is 0 Å². The third-order valence-electron chi connectivity index (χ3n) is 4.47. The van der Waals surface area contributed by atoms with E-state index in [0.717, 1.165) is 19.3 Å². The number of allylic oxidation sites excluding steroid dienone is 2. The molecule has 6 nitrogen and oxygen atoms in total. The average molecular weight is 339 g/mol. The van der Waals surface area contributed by atoms with Crippen LogP contribution in [0.25, 0.3) is 6.08 Å². The Hall–Kier alpha value is -2.94. The van der Waals surface area contributed by atoms with E-state index in [1.54, 1.807) is 18.2 Å². The summed E-state index contributed by atoms with van der Waals surface area (Å²) in [5, 5.41) is 23.1. The highest BCUT2D eigenvalue weighted by Crippen LogP contribution is 2.24. The molecule has 1 N–H and O–H groups in total. The van der Waals surface area contributed by atoms with Crippen LogP contribution in [-0.2, 0) is 4.79 Å². The highest BCUT2D eigenvalue weighted by molar-refractivity contribution is 5.97. The van der Waals surface area contributed by atoms with E-state index < -0.39 is 10.8 Å². The molecule has 130 valence electrons. The van der Waals surface area contributed by atoms with Crippen LogP contribution in [0.2, 0.25) is 0 Å². The number of hydrogen-bond acceptors (Lipinski definition) is 4. The Labute approximate surface area is 147 Å². The van der Waals surface area contributed by atoms with Crippen LogP contribution in [-0.4, -0.2) is 16.9 Å². The van der Waals surface area contributed by atoms with Gasteiger partial charge in [0.25, 0.3) is 11.6 Å². The van der Waals surface area contributed by atoms with E-state index in [4.69, 9.17) is 0 Å². The number of hydrogen-bond donors (Lipinski definition) is 1. The molecule has 0 unspecified atom stereocenters. The van der Waals surface area contributed by atoms with Crippen LogP contribution in [0.5, 0.6) is 0 Å². The lowest BCUT2D eigenvalue weighted by atomic mass is 9.86. The van der Waals surface area contributed by atoms with Crippen molar-refractivity contribution in [1.29, 1.82) is 5.26 Å². The molecule has 1 amide bonds. The van der Waals surface area contributed by atoms with Crippen molar-refractivity contribution < 1.29 is 9.72 Å². The summed E-state index contributed by atoms with van der Waals surface area (Å²) >= 11 is 0. The molecule has 1 aromatic rings. The maximum absolute atomic E-state index is 12.3. The molecular formula is C19H21N3O3. The first-order chi connectivity index (χ1) is 12.0. The molecule has 0 aliphatic heterocycles. The first-order valence-electron chi connectivity index (χ1n) is 8.35. The summed E-state index contributed by atoms with van der Waals surface area (Å²) < 4.78 is 0. The van der Waals surface area contributed by atoms with Crippen molar-refractivity contribution in [3.63, 3.8) is 0 Å². The standard InChI is InChI=1S/C19H21N3O3/c1-14-7-2-4-11-17(14)21-19(23)16(13-20)10-6-9-15-8-3-5-12-18(15)22(24)25/h3,5-6,8-10,12,14,17H,2,4,7,11H2,1H3,(H,21,23)/b9-6+,16-10+/t14-,17+/m0/s1. The Balaban J connectivity index is 2.08. The second-order valence-corrected chi connectivity index (χ2v) is 6.21. The van der Waals surface area contributed by atoms with Gasteiger partial charge in [0, 0.05) is 12.1 Å². The predicted molar refractivity (Wildman–Crippen MR) is 95.4 cm³/mol. The Bertz CT molecular complexity index is 747. The normalized spacial score (nSPS) is 20.9. The van der Waals surface area contributed by atoms with Crippen LogP contribution >= 0.6 is 0 Å². The maximum Gasteiger partial charge on any atom is 0.276 e. The van der Waals surface area contributed by atoms with Crippen molar-refractivity contribution in [2.24, 2.45) is 5.92 Å². The molecule has 0 heterocycles. The lowest BCUT2D eigenvalue weighted by Gasteiger charge is -2.29. The number of amides is 1. The molecular weight excluding hydrogens is 318 g/mol. The molecule has 0 radical (unpaired) electrons. The molecule has 0 spiro atoms. The Morgan fingerprint density at radius 1 is 1.36 bits per heavy atom. The van der Waals surface area contributed by atoms with Crippen molar-refractivity contribution >= 4 is 17.7 Å². The van der Waals surface area contributed by atoms with Gasteiger partial charge in [-0.2, -0.15) is 5.26 Å². The minimum Gasteiger partial charge on any atom is -0.348 e. The summed E-state index contributed by atoms with van der Waals surface area (Å²) in [6.45, 7) is 2.11. The second-order valence-electron chi connectivity index (χ2n) is 6.21. The van der Waals surface area contributed by atoms with Gasteiger partial charge in [-0.3, -0.25) is 14.9 Å². The van der Waals surface area contributed by atoms with E-state index in [1.165, 1.54) is 30.7 Å². The van der Waals surface area contributed by atoms with Gasteiger partial charge in [-0.1, -0.05) is 38.0 Å². The zero-order valence-corrected chi connectivity index (χ0v) is 14.1. The molecule has 2 atom stereocenters. The highest BCUT2D eigenvalue weighted by Gasteiger charge is 2.23. The van der Waals surface area contributed by atoms with Crippen molar-refractivity contribution in [3.05, 3.63) is 57.7 Å². The van der Waals surface area contributed by atoms with E-state index in [0.29, 0.717) is 11.5 Å². The molecule has 25 heavy (non-hydrogen) atoms. The summed E-state index contributed by atoms with van der Waals surface area (Å²) in [6, 6.07) is 8.29. The number of benzene rings is 1. The highest BCUT2D eigenvalue weighted by atomic mass is 16.6. The van der Waals surface area contributed by atoms with Gasteiger partial charge in [0.1, 0.15) is 11.6 Å². The van der Waals surface area contributed by atoms with Crippen molar-refractivity contribution in [3.8, 4) is 6.07 Å². The molecule has 6 heteroatoms. The minimum absolute atomic E-state index is 0.00684. The van der Waals surface area contributed by atoms with Crippen LogP contribution in [0.3, 0.4) is 0 Å². The zero-order valence-electron chi connectivity index (χ0n) is 14.1. The van der Waals surface area contributed by atoms with Crippen molar-refractivity contribution in [2.75, 3.05) is 0 Å². The number of nitrogens with one attached hydrogen (secondary N) is 1. The smallest absolute Gasteiger partial charge is 0.276 e. The Kier molecular flexibility index (Phi) is 6.47. The summed E-state index contributed by atoms with van der Waals surface area (Å²) in [7, 11) is 0. The van der Waals surface area contributed by atoms with E-state index in [2.05, 4.69) is 12.2 Å². The second kappa shape index (κ2) is 8.78. The summed E-state index contributed by atoms with van der Waals surface area (Å²) in [5.41, 5.74) is 0.390. The summed E-state index contributed by atoms with van der Waals surface area (Å²) in [6.07, 6.45) is 8.66. The number of nitrogens with zero attached hydrogens (tertiary/aromatic N) is 2. The SMILES string of the molecule is C[C@H]1CCCC[C@H]1NC(=O)/C(C#N)=C/C=C/c1ccccc1[N+](=O)[O-]. The summed E-state index contributed by atoms with van der Waals surface area (Å²) in [5.74, 6) is 0.00798. The third-order valence-corrected chi connectivity index (χ3v) is 4.47. The number of nitro groups is 1. The predicted octanol–water partition coefficient (Wildman–Crippen LogP) is 3.75. The number of nitriles is 1. The van der Waals surface area contributed by atoms with Gasteiger partial charge in [0.2, 0.25) is 0 Å². The lowest BCUT2D eigenvalue weighted by Crippen LogP contribution is -2.41. The van der Waals surface area contributed by atoms with Gasteiger partial charge in [-0.25, -0.2) is 0 Å². The van der Waals surface area contributed by atoms with Crippen LogP contribution < -0.4 is 5.32 Å². The van der Waals surface area contributed by atoms with Gasteiger partial charge in [0.15, 0.2) is 0 Å². The molecule has 0 aromatic heterocycles. The monoisotopic (exact) mass is 339 g/mol. The van der Waals surface area contributed by atoms with E-state index in [1.807, 2.05) is 6.07 Å². The average Bonchev–Trinajstić information content (AvgIpc) is 2.61. The Morgan fingerprint density at radius 2 is 2.08 bits per heavy atom. The van der Waals surface area contributed by atoms with Gasteiger partial charge < -0.3 is 5.32 Å².